The molecule has 0 saturated carbocycles. The van der Waals surface area contributed by atoms with Crippen LogP contribution in [0.4, 0.5) is 0 Å². The van der Waals surface area contributed by atoms with Gasteiger partial charge in [0.05, 0.1) is 5.02 Å². The van der Waals surface area contributed by atoms with E-state index in [1.165, 1.54) is 10.5 Å². The monoisotopic (exact) mass is 199 g/mol. The van der Waals surface area contributed by atoms with Gasteiger partial charge in [0.2, 0.25) is 0 Å². The number of halogens is 1. The highest BCUT2D eigenvalue weighted by Crippen LogP contribution is 2.31. The lowest BCUT2D eigenvalue weighted by molar-refractivity contribution is 0.739. The molecule has 0 saturated heterocycles. The van der Waals surface area contributed by atoms with E-state index in [0.29, 0.717) is 0 Å². The molecule has 1 aliphatic rings. The van der Waals surface area contributed by atoms with E-state index in [2.05, 4.69) is 11.4 Å². The number of hydrogen-bond acceptors (Lipinski definition) is 2. The van der Waals surface area contributed by atoms with E-state index >= 15 is 0 Å². The second kappa shape index (κ2) is 3.60. The normalized spacial score (nSPS) is 17.6. The van der Waals surface area contributed by atoms with Crippen molar-refractivity contribution in [1.82, 2.24) is 5.32 Å². The minimum atomic E-state index is 0.896. The molecular weight excluding hydrogens is 190 g/mol. The summed E-state index contributed by atoms with van der Waals surface area (Å²) >= 11 is 7.75. The molecule has 12 heavy (non-hydrogen) atoms. The molecule has 0 aromatic carbocycles. The quantitative estimate of drug-likeness (QED) is 0.734. The predicted octanol–water partition coefficient (Wildman–Crippen LogP) is 2.78. The summed E-state index contributed by atoms with van der Waals surface area (Å²) in [5.74, 6) is 0. The molecule has 0 atom stereocenters. The molecule has 2 rings (SSSR count). The maximum absolute atomic E-state index is 6.02. The average molecular weight is 200 g/mol. The zero-order valence-corrected chi connectivity index (χ0v) is 8.21. The van der Waals surface area contributed by atoms with Crippen molar-refractivity contribution in [3.05, 3.63) is 27.4 Å². The standard InChI is InChI=1S/C9H10ClNS/c10-8-3-6-12-9(8)7-1-4-11-5-2-7/h1,3,6,11H,2,4-5H2. The highest BCUT2D eigenvalue weighted by atomic mass is 35.5. The SMILES string of the molecule is Clc1ccsc1C1=CCNCC1. The molecule has 64 valence electrons. The van der Waals surface area contributed by atoms with E-state index in [4.69, 9.17) is 11.6 Å². The summed E-state index contributed by atoms with van der Waals surface area (Å²) in [7, 11) is 0. The molecule has 1 N–H and O–H groups in total. The van der Waals surface area contributed by atoms with E-state index in [1.54, 1.807) is 11.3 Å². The van der Waals surface area contributed by atoms with Crippen LogP contribution >= 0.6 is 22.9 Å². The third kappa shape index (κ3) is 1.56. The van der Waals surface area contributed by atoms with Crippen molar-refractivity contribution in [2.24, 2.45) is 0 Å². The topological polar surface area (TPSA) is 12.0 Å². The van der Waals surface area contributed by atoms with Crippen LogP contribution in [0, 0.1) is 0 Å². The first-order valence-corrected chi connectivity index (χ1v) is 5.27. The van der Waals surface area contributed by atoms with Crippen LogP contribution < -0.4 is 5.32 Å². The van der Waals surface area contributed by atoms with Gasteiger partial charge >= 0.3 is 0 Å². The molecule has 0 unspecified atom stereocenters. The van der Waals surface area contributed by atoms with Crippen LogP contribution in [0.25, 0.3) is 5.57 Å². The lowest BCUT2D eigenvalue weighted by atomic mass is 10.1. The summed E-state index contributed by atoms with van der Waals surface area (Å²) in [5.41, 5.74) is 1.40. The van der Waals surface area contributed by atoms with E-state index in [1.807, 2.05) is 11.4 Å². The van der Waals surface area contributed by atoms with Crippen molar-refractivity contribution < 1.29 is 0 Å². The summed E-state index contributed by atoms with van der Waals surface area (Å²) in [5, 5.41) is 6.22. The molecule has 0 fully saturated rings. The molecule has 2 heterocycles. The van der Waals surface area contributed by atoms with Crippen molar-refractivity contribution in [3.8, 4) is 0 Å². The molecule has 3 heteroatoms. The van der Waals surface area contributed by atoms with Crippen LogP contribution in [-0.4, -0.2) is 13.1 Å². The number of thiophene rings is 1. The zero-order valence-electron chi connectivity index (χ0n) is 6.64. The lowest BCUT2D eigenvalue weighted by Crippen LogP contribution is -2.19. The minimum Gasteiger partial charge on any atom is -0.313 e. The molecule has 1 nitrogen and oxygen atoms in total. The summed E-state index contributed by atoms with van der Waals surface area (Å²) in [6.07, 6.45) is 3.32. The molecule has 0 amide bonds. The number of nitrogens with one attached hydrogen (secondary N) is 1. The van der Waals surface area contributed by atoms with Crippen LogP contribution in [0.5, 0.6) is 0 Å². The van der Waals surface area contributed by atoms with E-state index < -0.39 is 0 Å². The number of rotatable bonds is 1. The van der Waals surface area contributed by atoms with Gasteiger partial charge in [0.1, 0.15) is 0 Å². The van der Waals surface area contributed by atoms with Gasteiger partial charge in [-0.1, -0.05) is 17.7 Å². The summed E-state index contributed by atoms with van der Waals surface area (Å²) in [6.45, 7) is 2.05. The molecule has 0 aliphatic carbocycles. The van der Waals surface area contributed by atoms with E-state index in [-0.39, 0.29) is 0 Å². The Labute approximate surface area is 81.1 Å². The zero-order chi connectivity index (χ0) is 8.39. The lowest BCUT2D eigenvalue weighted by Gasteiger charge is -2.12. The van der Waals surface area contributed by atoms with Gasteiger partial charge in [-0.15, -0.1) is 11.3 Å². The second-order valence-electron chi connectivity index (χ2n) is 2.78. The van der Waals surface area contributed by atoms with Crippen LogP contribution in [0.15, 0.2) is 17.5 Å². The molecule has 1 aliphatic heterocycles. The highest BCUT2D eigenvalue weighted by Gasteiger charge is 2.09. The smallest absolute Gasteiger partial charge is 0.0588 e. The Morgan fingerprint density at radius 2 is 2.42 bits per heavy atom. The van der Waals surface area contributed by atoms with Gasteiger partial charge in [0, 0.05) is 11.4 Å². The van der Waals surface area contributed by atoms with Gasteiger partial charge in [-0.05, 0) is 30.0 Å². The van der Waals surface area contributed by atoms with E-state index in [0.717, 1.165) is 24.5 Å². The minimum absolute atomic E-state index is 0.896. The number of hydrogen-bond donors (Lipinski definition) is 1. The maximum atomic E-state index is 6.02. The Morgan fingerprint density at radius 3 is 3.00 bits per heavy atom. The molecule has 0 spiro atoms. The Balaban J connectivity index is 2.29. The average Bonchev–Trinajstić information content (AvgIpc) is 2.53. The van der Waals surface area contributed by atoms with Crippen LogP contribution in [0.2, 0.25) is 5.02 Å². The Kier molecular flexibility index (Phi) is 2.49. The van der Waals surface area contributed by atoms with Gasteiger partial charge in [0.15, 0.2) is 0 Å². The fourth-order valence-corrected chi connectivity index (χ4v) is 2.60. The Morgan fingerprint density at radius 1 is 1.50 bits per heavy atom. The summed E-state index contributed by atoms with van der Waals surface area (Å²) in [4.78, 5) is 1.25. The Bertz CT molecular complexity index is 303. The molecule has 1 aromatic rings. The molecule has 1 aromatic heterocycles. The van der Waals surface area contributed by atoms with Gasteiger partial charge in [-0.3, -0.25) is 0 Å². The maximum Gasteiger partial charge on any atom is 0.0588 e. The summed E-state index contributed by atoms with van der Waals surface area (Å²) < 4.78 is 0. The molecular formula is C9H10ClNS. The second-order valence-corrected chi connectivity index (χ2v) is 4.10. The van der Waals surface area contributed by atoms with Crippen molar-refractivity contribution >= 4 is 28.5 Å². The van der Waals surface area contributed by atoms with Gasteiger partial charge in [-0.25, -0.2) is 0 Å². The van der Waals surface area contributed by atoms with Crippen molar-refractivity contribution in [2.45, 2.75) is 6.42 Å². The third-order valence-electron chi connectivity index (χ3n) is 1.97. The first-order chi connectivity index (χ1) is 5.88. The first kappa shape index (κ1) is 8.30. The van der Waals surface area contributed by atoms with Gasteiger partial charge < -0.3 is 5.32 Å². The molecule has 0 bridgehead atoms. The van der Waals surface area contributed by atoms with Crippen LogP contribution in [-0.2, 0) is 0 Å². The predicted molar refractivity (Wildman–Crippen MR) is 54.8 cm³/mol. The largest absolute Gasteiger partial charge is 0.313 e. The van der Waals surface area contributed by atoms with Crippen LogP contribution in [0.1, 0.15) is 11.3 Å². The van der Waals surface area contributed by atoms with Crippen molar-refractivity contribution in [2.75, 3.05) is 13.1 Å². The van der Waals surface area contributed by atoms with Gasteiger partial charge in [0.25, 0.3) is 0 Å². The fourth-order valence-electron chi connectivity index (χ4n) is 1.35. The van der Waals surface area contributed by atoms with E-state index in [9.17, 15) is 0 Å². The summed E-state index contributed by atoms with van der Waals surface area (Å²) in [6, 6.07) is 1.96. The molecule has 0 radical (unpaired) electrons. The highest BCUT2D eigenvalue weighted by molar-refractivity contribution is 7.11. The third-order valence-corrected chi connectivity index (χ3v) is 3.39. The van der Waals surface area contributed by atoms with Crippen LogP contribution in [0.3, 0.4) is 0 Å². The van der Waals surface area contributed by atoms with Crippen molar-refractivity contribution in [1.29, 1.82) is 0 Å². The van der Waals surface area contributed by atoms with Crippen molar-refractivity contribution in [3.63, 3.8) is 0 Å². The fraction of sp³-hybridized carbons (Fsp3) is 0.333. The Hall–Kier alpha value is -0.310. The first-order valence-electron chi connectivity index (χ1n) is 4.01. The van der Waals surface area contributed by atoms with Gasteiger partial charge in [-0.2, -0.15) is 0 Å².